The van der Waals surface area contributed by atoms with Crippen LogP contribution < -0.4 is 16.0 Å². The first-order chi connectivity index (χ1) is 26.1. The standard InChI is InChI=1S/C40H48Cl2FN5O7/c1-39(2,3)55-37(52)45-32-16-8-6-4-5-7-12-25-20-40(25,36(51)44-18-17-27-29(41)13-10-14-30(27)42)46-34(49)33-19-26(22-48(33)35(32)50)54-38(53)47-21-24-11-9-15-31(43)28(24)23-47/h7,9-15,25-26,32-33H,4-6,8,16-23H2,1-3H3,(H,44,51)(H,45,52)(H,46,49)/t25?,26?,32?,33-,40?/m0/s1. The molecule has 0 spiro atoms. The molecule has 55 heavy (non-hydrogen) atoms. The van der Waals surface area contributed by atoms with Gasteiger partial charge >= 0.3 is 12.2 Å². The molecular weight excluding hydrogens is 752 g/mol. The Kier molecular flexibility index (Phi) is 12.3. The Morgan fingerprint density at radius 3 is 2.51 bits per heavy atom. The van der Waals surface area contributed by atoms with Gasteiger partial charge < -0.3 is 30.3 Å². The Balaban J connectivity index is 1.22. The molecule has 6 rings (SSSR count). The number of carbonyl (C=O) groups excluding carboxylic acids is 5. The van der Waals surface area contributed by atoms with Gasteiger partial charge in [0.1, 0.15) is 35.1 Å². The highest BCUT2D eigenvalue weighted by molar-refractivity contribution is 6.36. The minimum Gasteiger partial charge on any atom is -0.444 e. The first-order valence-corrected chi connectivity index (χ1v) is 19.6. The van der Waals surface area contributed by atoms with Gasteiger partial charge in [-0.2, -0.15) is 0 Å². The van der Waals surface area contributed by atoms with Gasteiger partial charge in [-0.3, -0.25) is 19.3 Å². The van der Waals surface area contributed by atoms with E-state index in [1.165, 1.54) is 15.9 Å². The largest absolute Gasteiger partial charge is 0.444 e. The number of fused-ring (bicyclic) bond motifs is 3. The average molecular weight is 801 g/mol. The predicted molar refractivity (Wildman–Crippen MR) is 204 cm³/mol. The molecule has 12 nitrogen and oxygen atoms in total. The topological polar surface area (TPSA) is 146 Å². The third kappa shape index (κ3) is 9.55. The van der Waals surface area contributed by atoms with Gasteiger partial charge in [0, 0.05) is 41.0 Å². The van der Waals surface area contributed by atoms with Gasteiger partial charge in [-0.25, -0.2) is 14.0 Å². The monoisotopic (exact) mass is 799 g/mol. The van der Waals surface area contributed by atoms with Crippen LogP contribution in [0.15, 0.2) is 48.6 Å². The maximum Gasteiger partial charge on any atom is 0.410 e. The molecule has 0 aromatic heterocycles. The molecule has 15 heteroatoms. The summed E-state index contributed by atoms with van der Waals surface area (Å²) in [6.45, 7) is 5.41. The van der Waals surface area contributed by atoms with Crippen LogP contribution in [-0.2, 0) is 43.4 Å². The van der Waals surface area contributed by atoms with Crippen molar-refractivity contribution in [1.82, 2.24) is 25.8 Å². The van der Waals surface area contributed by atoms with Gasteiger partial charge in [0.2, 0.25) is 17.7 Å². The summed E-state index contributed by atoms with van der Waals surface area (Å²) in [6.07, 6.45) is 5.47. The highest BCUT2D eigenvalue weighted by Crippen LogP contribution is 2.45. The normalized spacial score (nSPS) is 25.4. The quantitative estimate of drug-likeness (QED) is 0.295. The van der Waals surface area contributed by atoms with Crippen LogP contribution in [0.3, 0.4) is 0 Å². The second-order valence-corrected chi connectivity index (χ2v) is 16.5. The van der Waals surface area contributed by atoms with Crippen LogP contribution in [-0.4, -0.2) is 82.1 Å². The number of rotatable bonds is 6. The molecular formula is C40H48Cl2FN5O7. The lowest BCUT2D eigenvalue weighted by atomic mass is 10.0. The Hall–Kier alpha value is -4.36. The maximum absolute atomic E-state index is 14.5. The number of nitrogens with one attached hydrogen (secondary N) is 3. The van der Waals surface area contributed by atoms with E-state index in [-0.39, 0.29) is 44.4 Å². The zero-order valence-electron chi connectivity index (χ0n) is 31.3. The molecule has 296 valence electrons. The van der Waals surface area contributed by atoms with Crippen molar-refractivity contribution in [2.45, 2.75) is 115 Å². The molecule has 2 aromatic rings. The zero-order valence-corrected chi connectivity index (χ0v) is 32.8. The van der Waals surface area contributed by atoms with Crippen LogP contribution in [0, 0.1) is 11.7 Å². The number of nitrogens with zero attached hydrogens (tertiary/aromatic N) is 2. The van der Waals surface area contributed by atoms with Gasteiger partial charge in [-0.05, 0) is 82.2 Å². The van der Waals surface area contributed by atoms with Crippen LogP contribution >= 0.6 is 23.2 Å². The maximum atomic E-state index is 14.5. The van der Waals surface area contributed by atoms with Gasteiger partial charge in [0.05, 0.1) is 13.1 Å². The molecule has 5 amide bonds. The molecule has 3 heterocycles. The summed E-state index contributed by atoms with van der Waals surface area (Å²) in [7, 11) is 0. The minimum absolute atomic E-state index is 0.0250. The second-order valence-electron chi connectivity index (χ2n) is 15.7. The van der Waals surface area contributed by atoms with E-state index < -0.39 is 59.1 Å². The third-order valence-corrected chi connectivity index (χ3v) is 11.2. The molecule has 1 saturated heterocycles. The number of benzene rings is 2. The van der Waals surface area contributed by atoms with Crippen molar-refractivity contribution in [2.75, 3.05) is 13.1 Å². The van der Waals surface area contributed by atoms with E-state index in [0.29, 0.717) is 52.4 Å². The summed E-state index contributed by atoms with van der Waals surface area (Å²) in [5.74, 6) is -2.20. The van der Waals surface area contributed by atoms with E-state index >= 15 is 0 Å². The van der Waals surface area contributed by atoms with Gasteiger partial charge in [-0.1, -0.05) is 66.4 Å². The lowest BCUT2D eigenvalue weighted by Gasteiger charge is -2.30. The summed E-state index contributed by atoms with van der Waals surface area (Å²) >= 11 is 12.7. The highest BCUT2D eigenvalue weighted by Gasteiger charge is 2.61. The van der Waals surface area contributed by atoms with Crippen LogP contribution in [0.5, 0.6) is 0 Å². The Labute approximate surface area is 330 Å². The number of allylic oxidation sites excluding steroid dienone is 1. The van der Waals surface area contributed by atoms with Crippen molar-refractivity contribution in [3.8, 4) is 0 Å². The molecule has 2 fully saturated rings. The molecule has 5 atom stereocenters. The lowest BCUT2D eigenvalue weighted by Crippen LogP contribution is -2.58. The van der Waals surface area contributed by atoms with E-state index in [9.17, 15) is 28.4 Å². The van der Waals surface area contributed by atoms with Gasteiger partial charge in [0.25, 0.3) is 0 Å². The molecule has 0 radical (unpaired) electrons. The third-order valence-electron chi connectivity index (χ3n) is 10.5. The van der Waals surface area contributed by atoms with E-state index in [1.807, 2.05) is 12.2 Å². The molecule has 1 saturated carbocycles. The summed E-state index contributed by atoms with van der Waals surface area (Å²) < 4.78 is 25.8. The fourth-order valence-electron chi connectivity index (χ4n) is 7.57. The predicted octanol–water partition coefficient (Wildman–Crippen LogP) is 6.20. The number of ether oxygens (including phenoxy) is 2. The van der Waals surface area contributed by atoms with E-state index in [1.54, 1.807) is 51.1 Å². The molecule has 0 bridgehead atoms. The number of hydrogen-bond acceptors (Lipinski definition) is 7. The summed E-state index contributed by atoms with van der Waals surface area (Å²) in [6, 6.07) is 7.69. The molecule has 1 aliphatic carbocycles. The van der Waals surface area contributed by atoms with Gasteiger partial charge in [-0.15, -0.1) is 0 Å². The SMILES string of the molecule is CC(C)(C)OC(=O)NC1CCCCCC=CC2CC2(C(=O)NCCc2c(Cl)cccc2Cl)NC(=O)[C@@H]2CC(OC(=O)N3Cc4cccc(F)c4C3)CN2C1=O. The number of alkyl carbamates (subject to hydrolysis) is 1. The first kappa shape index (κ1) is 40.3. The van der Waals surface area contributed by atoms with Crippen LogP contribution in [0.4, 0.5) is 14.0 Å². The Morgan fingerprint density at radius 1 is 1.04 bits per heavy atom. The van der Waals surface area contributed by atoms with Crippen LogP contribution in [0.2, 0.25) is 10.0 Å². The van der Waals surface area contributed by atoms with Crippen LogP contribution in [0.1, 0.15) is 82.4 Å². The van der Waals surface area contributed by atoms with Crippen molar-refractivity contribution < 1.29 is 37.8 Å². The van der Waals surface area contributed by atoms with Crippen LogP contribution in [0.25, 0.3) is 0 Å². The van der Waals surface area contributed by atoms with Crippen molar-refractivity contribution >= 4 is 53.1 Å². The van der Waals surface area contributed by atoms with E-state index in [0.717, 1.165) is 19.3 Å². The van der Waals surface area contributed by atoms with Gasteiger partial charge in [0.15, 0.2) is 0 Å². The zero-order chi connectivity index (χ0) is 39.5. The average Bonchev–Trinajstić information content (AvgIpc) is 3.41. The molecule has 4 unspecified atom stereocenters. The number of hydrogen-bond donors (Lipinski definition) is 3. The Morgan fingerprint density at radius 2 is 1.78 bits per heavy atom. The minimum atomic E-state index is -1.28. The molecule has 2 aromatic carbocycles. The van der Waals surface area contributed by atoms with E-state index in [2.05, 4.69) is 16.0 Å². The number of carbonyl (C=O) groups is 5. The first-order valence-electron chi connectivity index (χ1n) is 18.9. The summed E-state index contributed by atoms with van der Waals surface area (Å²) in [5.41, 5.74) is -0.312. The smallest absolute Gasteiger partial charge is 0.410 e. The highest BCUT2D eigenvalue weighted by atomic mass is 35.5. The number of amides is 5. The second kappa shape index (κ2) is 16.8. The molecule has 3 N–H and O–H groups in total. The van der Waals surface area contributed by atoms with Crippen molar-refractivity contribution in [3.63, 3.8) is 0 Å². The fourth-order valence-corrected chi connectivity index (χ4v) is 8.16. The fraction of sp³-hybridized carbons (Fsp3) is 0.525. The Bertz CT molecular complexity index is 1830. The van der Waals surface area contributed by atoms with Crippen molar-refractivity contribution in [2.24, 2.45) is 5.92 Å². The lowest BCUT2D eigenvalue weighted by molar-refractivity contribution is -0.141. The summed E-state index contributed by atoms with van der Waals surface area (Å²) in [4.78, 5) is 71.7. The number of halogens is 3. The van der Waals surface area contributed by atoms with E-state index in [4.69, 9.17) is 32.7 Å². The van der Waals surface area contributed by atoms with Crippen molar-refractivity contribution in [3.05, 3.63) is 81.1 Å². The van der Waals surface area contributed by atoms with Crippen molar-refractivity contribution in [1.29, 1.82) is 0 Å². The summed E-state index contributed by atoms with van der Waals surface area (Å²) in [5, 5.41) is 9.61. The molecule has 3 aliphatic heterocycles. The molecule has 4 aliphatic rings.